The lowest BCUT2D eigenvalue weighted by molar-refractivity contribution is 0.102. The number of rotatable bonds is 7. The summed E-state index contributed by atoms with van der Waals surface area (Å²) in [5.41, 5.74) is 4.86. The van der Waals surface area contributed by atoms with E-state index in [1.165, 1.54) is 4.88 Å². The Morgan fingerprint density at radius 2 is 1.50 bits per heavy atom. The molecule has 0 aliphatic heterocycles. The predicted molar refractivity (Wildman–Crippen MR) is 133 cm³/mol. The summed E-state index contributed by atoms with van der Waals surface area (Å²) in [6, 6.07) is 27.3. The Hall–Kier alpha value is -3.57. The molecule has 0 radical (unpaired) electrons. The van der Waals surface area contributed by atoms with Crippen LogP contribution in [-0.4, -0.2) is 13.0 Å². The second kappa shape index (κ2) is 9.71. The van der Waals surface area contributed by atoms with Crippen LogP contribution in [0.15, 0.2) is 84.9 Å². The fourth-order valence-electron chi connectivity index (χ4n) is 3.74. The van der Waals surface area contributed by atoms with Gasteiger partial charge in [-0.1, -0.05) is 60.7 Å². The fraction of sp³-hybridized carbons (Fsp3) is 0.148. The molecule has 0 fully saturated rings. The highest BCUT2D eigenvalue weighted by Crippen LogP contribution is 2.42. The van der Waals surface area contributed by atoms with Gasteiger partial charge in [-0.05, 0) is 49.2 Å². The van der Waals surface area contributed by atoms with Gasteiger partial charge in [0.2, 0.25) is 0 Å². The van der Waals surface area contributed by atoms with E-state index in [9.17, 15) is 4.79 Å². The highest BCUT2D eigenvalue weighted by atomic mass is 32.1. The average molecular weight is 443 g/mol. The number of benzene rings is 3. The standard InChI is InChI=1S/C27H26N2O2S/c1-18-19(2)32-27(29-26(30)21-14-8-5-9-15-21)24(18)25(20-12-6-4-7-13-20)28-22-16-10-11-17-23(22)31-3/h4-17,25,28H,1-3H3,(H,29,30)/t25-/m0/s1. The normalized spacial score (nSPS) is 11.6. The Kier molecular flexibility index (Phi) is 6.57. The molecule has 1 heterocycles. The molecule has 0 unspecified atom stereocenters. The molecule has 0 saturated heterocycles. The minimum absolute atomic E-state index is 0.114. The maximum atomic E-state index is 13.0. The summed E-state index contributed by atoms with van der Waals surface area (Å²) in [5.74, 6) is 0.658. The number of amides is 1. The molecular weight excluding hydrogens is 416 g/mol. The third-order valence-electron chi connectivity index (χ3n) is 5.52. The number of anilines is 2. The number of hydrogen-bond acceptors (Lipinski definition) is 4. The zero-order valence-corrected chi connectivity index (χ0v) is 19.2. The molecule has 32 heavy (non-hydrogen) atoms. The van der Waals surface area contributed by atoms with Gasteiger partial charge < -0.3 is 15.4 Å². The lowest BCUT2D eigenvalue weighted by Crippen LogP contribution is -2.17. The van der Waals surface area contributed by atoms with Crippen molar-refractivity contribution in [3.05, 3.63) is 112 Å². The van der Waals surface area contributed by atoms with Crippen LogP contribution in [0.4, 0.5) is 10.7 Å². The molecule has 1 aromatic heterocycles. The Labute approximate surface area is 192 Å². The summed E-state index contributed by atoms with van der Waals surface area (Å²) in [6.45, 7) is 4.20. The summed E-state index contributed by atoms with van der Waals surface area (Å²) >= 11 is 1.60. The van der Waals surface area contributed by atoms with Crippen molar-refractivity contribution in [2.45, 2.75) is 19.9 Å². The van der Waals surface area contributed by atoms with Crippen LogP contribution in [0, 0.1) is 13.8 Å². The van der Waals surface area contributed by atoms with E-state index in [1.807, 2.05) is 72.8 Å². The summed E-state index contributed by atoms with van der Waals surface area (Å²) in [7, 11) is 1.67. The van der Waals surface area contributed by atoms with Gasteiger partial charge in [0.1, 0.15) is 10.8 Å². The number of hydrogen-bond donors (Lipinski definition) is 2. The topological polar surface area (TPSA) is 50.4 Å². The SMILES string of the molecule is COc1ccccc1N[C@@H](c1ccccc1)c1c(NC(=O)c2ccccc2)sc(C)c1C. The summed E-state index contributed by atoms with van der Waals surface area (Å²) < 4.78 is 5.58. The predicted octanol–water partition coefficient (Wildman–Crippen LogP) is 6.83. The molecule has 0 bridgehead atoms. The van der Waals surface area contributed by atoms with E-state index in [4.69, 9.17) is 4.74 Å². The van der Waals surface area contributed by atoms with Crippen molar-refractivity contribution in [1.82, 2.24) is 0 Å². The number of aryl methyl sites for hydroxylation is 1. The maximum Gasteiger partial charge on any atom is 0.256 e. The van der Waals surface area contributed by atoms with Crippen LogP contribution in [0.5, 0.6) is 5.75 Å². The van der Waals surface area contributed by atoms with Crippen LogP contribution < -0.4 is 15.4 Å². The van der Waals surface area contributed by atoms with E-state index < -0.39 is 0 Å². The molecule has 4 nitrogen and oxygen atoms in total. The highest BCUT2D eigenvalue weighted by Gasteiger charge is 2.25. The van der Waals surface area contributed by atoms with Crippen LogP contribution in [0.3, 0.4) is 0 Å². The van der Waals surface area contributed by atoms with Crippen molar-refractivity contribution in [2.75, 3.05) is 17.7 Å². The number of methoxy groups -OCH3 is 1. The van der Waals surface area contributed by atoms with Crippen molar-refractivity contribution in [2.24, 2.45) is 0 Å². The lowest BCUT2D eigenvalue weighted by atomic mass is 9.96. The van der Waals surface area contributed by atoms with Crippen molar-refractivity contribution in [1.29, 1.82) is 0 Å². The highest BCUT2D eigenvalue weighted by molar-refractivity contribution is 7.16. The van der Waals surface area contributed by atoms with Gasteiger partial charge in [-0.2, -0.15) is 0 Å². The number of carbonyl (C=O) groups excluding carboxylic acids is 1. The van der Waals surface area contributed by atoms with Crippen molar-refractivity contribution >= 4 is 27.9 Å². The van der Waals surface area contributed by atoms with Crippen LogP contribution in [-0.2, 0) is 0 Å². The summed E-state index contributed by atoms with van der Waals surface area (Å²) in [6.07, 6.45) is 0. The van der Waals surface area contributed by atoms with Gasteiger partial charge in [0, 0.05) is 16.0 Å². The Morgan fingerprint density at radius 3 is 2.19 bits per heavy atom. The summed E-state index contributed by atoms with van der Waals surface area (Å²) in [5, 5.41) is 7.68. The van der Waals surface area contributed by atoms with Gasteiger partial charge in [0.15, 0.2) is 0 Å². The smallest absolute Gasteiger partial charge is 0.256 e. The fourth-order valence-corrected chi connectivity index (χ4v) is 4.83. The van der Waals surface area contributed by atoms with Crippen LogP contribution >= 0.6 is 11.3 Å². The molecule has 0 aliphatic rings. The molecule has 4 aromatic rings. The van der Waals surface area contributed by atoms with E-state index >= 15 is 0 Å². The van der Waals surface area contributed by atoms with Crippen molar-refractivity contribution in [3.63, 3.8) is 0 Å². The van der Waals surface area contributed by atoms with Gasteiger partial charge >= 0.3 is 0 Å². The molecule has 1 atom stereocenters. The lowest BCUT2D eigenvalue weighted by Gasteiger charge is -2.24. The second-order valence-electron chi connectivity index (χ2n) is 7.53. The molecule has 0 saturated carbocycles. The molecule has 5 heteroatoms. The number of ether oxygens (including phenoxy) is 1. The third kappa shape index (κ3) is 4.53. The molecule has 0 spiro atoms. The number of para-hydroxylation sites is 2. The van der Waals surface area contributed by atoms with E-state index in [2.05, 4.69) is 36.6 Å². The van der Waals surface area contributed by atoms with Crippen molar-refractivity contribution in [3.8, 4) is 5.75 Å². The maximum absolute atomic E-state index is 13.0. The zero-order valence-electron chi connectivity index (χ0n) is 18.4. The van der Waals surface area contributed by atoms with E-state index in [0.29, 0.717) is 5.56 Å². The van der Waals surface area contributed by atoms with E-state index in [-0.39, 0.29) is 11.9 Å². The first kappa shape index (κ1) is 21.7. The Balaban J connectivity index is 1.78. The first-order valence-corrected chi connectivity index (χ1v) is 11.3. The minimum Gasteiger partial charge on any atom is -0.495 e. The average Bonchev–Trinajstić information content (AvgIpc) is 3.11. The zero-order chi connectivity index (χ0) is 22.5. The van der Waals surface area contributed by atoms with Crippen LogP contribution in [0.1, 0.15) is 38.0 Å². The largest absolute Gasteiger partial charge is 0.495 e. The third-order valence-corrected chi connectivity index (χ3v) is 6.66. The first-order chi connectivity index (χ1) is 15.6. The van der Waals surface area contributed by atoms with Gasteiger partial charge in [-0.15, -0.1) is 11.3 Å². The van der Waals surface area contributed by atoms with Gasteiger partial charge in [-0.25, -0.2) is 0 Å². The first-order valence-electron chi connectivity index (χ1n) is 10.5. The van der Waals surface area contributed by atoms with Gasteiger partial charge in [0.05, 0.1) is 18.8 Å². The molecule has 1 amide bonds. The summed E-state index contributed by atoms with van der Waals surface area (Å²) in [4.78, 5) is 14.1. The molecule has 2 N–H and O–H groups in total. The molecule has 3 aromatic carbocycles. The molecular formula is C27H26N2O2S. The van der Waals surface area contributed by atoms with Crippen molar-refractivity contribution < 1.29 is 9.53 Å². The van der Waals surface area contributed by atoms with E-state index in [0.717, 1.165) is 33.1 Å². The molecule has 4 rings (SSSR count). The van der Waals surface area contributed by atoms with Gasteiger partial charge in [0.25, 0.3) is 5.91 Å². The van der Waals surface area contributed by atoms with Gasteiger partial charge in [-0.3, -0.25) is 4.79 Å². The number of nitrogens with one attached hydrogen (secondary N) is 2. The van der Waals surface area contributed by atoms with Crippen LogP contribution in [0.25, 0.3) is 0 Å². The number of carbonyl (C=O) groups is 1. The van der Waals surface area contributed by atoms with E-state index in [1.54, 1.807) is 18.4 Å². The quantitative estimate of drug-likeness (QED) is 0.330. The molecule has 0 aliphatic carbocycles. The van der Waals surface area contributed by atoms with Crippen LogP contribution in [0.2, 0.25) is 0 Å². The monoisotopic (exact) mass is 442 g/mol. The Bertz CT molecular complexity index is 1200. The minimum atomic E-state index is -0.163. The second-order valence-corrected chi connectivity index (χ2v) is 8.76. The number of thiophene rings is 1. The molecule has 162 valence electrons. The Morgan fingerprint density at radius 1 is 0.875 bits per heavy atom.